The Morgan fingerprint density at radius 2 is 1.88 bits per heavy atom. The molecule has 0 unspecified atom stereocenters. The Balaban J connectivity index is 1.57. The number of hydrogen-bond donors (Lipinski definition) is 0. The lowest BCUT2D eigenvalue weighted by Crippen LogP contribution is -2.29. The highest BCUT2D eigenvalue weighted by Gasteiger charge is 2.31. The zero-order valence-electron chi connectivity index (χ0n) is 18.4. The zero-order valence-corrected chi connectivity index (χ0v) is 20.8. The number of benzene rings is 2. The van der Waals surface area contributed by atoms with E-state index >= 15 is 0 Å². The molecule has 0 radical (unpaired) electrons. The molecule has 2 aromatic rings. The molecule has 1 aliphatic rings. The fourth-order valence-corrected chi connectivity index (χ4v) is 4.68. The maximum absolute atomic E-state index is 12.9. The third kappa shape index (κ3) is 7.59. The standard InChI is InChI=1S/C25H26ClNO4S2/c1-2-30-23(28)10-4-3-7-15-27-24(29)22(33-25(27)32)16-19-8-5-6-9-21(19)31-17-18-11-13-20(26)14-12-18/h5-6,8-9,11-14,16H,2-4,7,10,15,17H2,1H3/b22-16+. The van der Waals surface area contributed by atoms with E-state index in [1.807, 2.05) is 54.6 Å². The Bertz CT molecular complexity index is 1020. The van der Waals surface area contributed by atoms with E-state index in [-0.39, 0.29) is 11.9 Å². The summed E-state index contributed by atoms with van der Waals surface area (Å²) in [5.41, 5.74) is 1.82. The first-order chi connectivity index (χ1) is 16.0. The van der Waals surface area contributed by atoms with Gasteiger partial charge in [-0.1, -0.05) is 72.3 Å². The highest BCUT2D eigenvalue weighted by molar-refractivity contribution is 8.26. The molecular formula is C25H26ClNO4S2. The lowest BCUT2D eigenvalue weighted by molar-refractivity contribution is -0.143. The number of amides is 1. The van der Waals surface area contributed by atoms with Gasteiger partial charge in [0.05, 0.1) is 11.5 Å². The molecule has 33 heavy (non-hydrogen) atoms. The number of hydrogen-bond acceptors (Lipinski definition) is 6. The van der Waals surface area contributed by atoms with Crippen LogP contribution < -0.4 is 4.74 Å². The highest BCUT2D eigenvalue weighted by atomic mass is 35.5. The molecule has 0 aromatic heterocycles. The molecule has 1 fully saturated rings. The number of carbonyl (C=O) groups is 2. The molecule has 1 heterocycles. The van der Waals surface area contributed by atoms with Gasteiger partial charge in [-0.15, -0.1) is 0 Å². The van der Waals surface area contributed by atoms with Gasteiger partial charge in [0.2, 0.25) is 0 Å². The van der Waals surface area contributed by atoms with Crippen LogP contribution in [-0.4, -0.2) is 34.2 Å². The molecule has 174 valence electrons. The smallest absolute Gasteiger partial charge is 0.305 e. The molecule has 3 rings (SSSR count). The average Bonchev–Trinajstić information content (AvgIpc) is 3.06. The van der Waals surface area contributed by atoms with Gasteiger partial charge in [-0.25, -0.2) is 0 Å². The third-order valence-electron chi connectivity index (χ3n) is 4.95. The number of ether oxygens (including phenoxy) is 2. The van der Waals surface area contributed by atoms with E-state index in [1.54, 1.807) is 11.8 Å². The van der Waals surface area contributed by atoms with E-state index in [0.717, 1.165) is 30.4 Å². The quantitative estimate of drug-likeness (QED) is 0.156. The largest absolute Gasteiger partial charge is 0.488 e. The van der Waals surface area contributed by atoms with Crippen LogP contribution in [0, 0.1) is 0 Å². The van der Waals surface area contributed by atoms with Gasteiger partial charge in [0.15, 0.2) is 0 Å². The lowest BCUT2D eigenvalue weighted by Gasteiger charge is -2.14. The summed E-state index contributed by atoms with van der Waals surface area (Å²) in [7, 11) is 0. The Hall–Kier alpha value is -2.35. The number of thioether (sulfide) groups is 1. The maximum atomic E-state index is 12.9. The van der Waals surface area contributed by atoms with Gasteiger partial charge in [0, 0.05) is 23.6 Å². The van der Waals surface area contributed by atoms with Crippen LogP contribution in [0.2, 0.25) is 5.02 Å². The molecular weight excluding hydrogens is 478 g/mol. The third-order valence-corrected chi connectivity index (χ3v) is 6.58. The van der Waals surface area contributed by atoms with Crippen LogP contribution in [0.25, 0.3) is 6.08 Å². The molecule has 0 bridgehead atoms. The van der Waals surface area contributed by atoms with Crippen molar-refractivity contribution in [3.63, 3.8) is 0 Å². The van der Waals surface area contributed by atoms with E-state index in [9.17, 15) is 9.59 Å². The van der Waals surface area contributed by atoms with Crippen molar-refractivity contribution in [2.75, 3.05) is 13.2 Å². The molecule has 8 heteroatoms. The molecule has 2 aromatic carbocycles. The van der Waals surface area contributed by atoms with E-state index in [2.05, 4.69) is 0 Å². The number of halogens is 1. The number of rotatable bonds is 11. The van der Waals surface area contributed by atoms with Crippen LogP contribution in [0.5, 0.6) is 5.75 Å². The molecule has 1 amide bonds. The van der Waals surface area contributed by atoms with E-state index in [1.165, 1.54) is 11.8 Å². The minimum atomic E-state index is -0.178. The lowest BCUT2D eigenvalue weighted by atomic mass is 10.1. The normalized spacial score (nSPS) is 14.7. The first-order valence-electron chi connectivity index (χ1n) is 10.8. The van der Waals surface area contributed by atoms with Crippen molar-refractivity contribution >= 4 is 57.9 Å². The van der Waals surface area contributed by atoms with Crippen molar-refractivity contribution in [3.8, 4) is 5.75 Å². The van der Waals surface area contributed by atoms with Gasteiger partial charge in [0.1, 0.15) is 16.7 Å². The zero-order chi connectivity index (χ0) is 23.6. The predicted octanol–water partition coefficient (Wildman–Crippen LogP) is 6.24. The summed E-state index contributed by atoms with van der Waals surface area (Å²) < 4.78 is 11.5. The second kappa shape index (κ2) is 12.8. The summed E-state index contributed by atoms with van der Waals surface area (Å²) in [4.78, 5) is 26.5. The van der Waals surface area contributed by atoms with Gasteiger partial charge in [0.25, 0.3) is 5.91 Å². The molecule has 0 aliphatic carbocycles. The Kier molecular flexibility index (Phi) is 9.78. The van der Waals surface area contributed by atoms with Crippen molar-refractivity contribution in [3.05, 3.63) is 69.6 Å². The van der Waals surface area contributed by atoms with Gasteiger partial charge in [-0.2, -0.15) is 0 Å². The number of thiocarbonyl (C=S) groups is 1. The molecule has 1 saturated heterocycles. The topological polar surface area (TPSA) is 55.8 Å². The van der Waals surface area contributed by atoms with Crippen LogP contribution >= 0.6 is 35.6 Å². The Morgan fingerprint density at radius 3 is 2.64 bits per heavy atom. The number of unbranched alkanes of at least 4 members (excludes halogenated alkanes) is 2. The van der Waals surface area contributed by atoms with Crippen molar-refractivity contribution in [1.82, 2.24) is 4.90 Å². The van der Waals surface area contributed by atoms with Crippen LogP contribution in [0.15, 0.2) is 53.4 Å². The maximum Gasteiger partial charge on any atom is 0.305 e. The molecule has 0 saturated carbocycles. The summed E-state index contributed by atoms with van der Waals surface area (Å²) >= 11 is 12.7. The van der Waals surface area contributed by atoms with Crippen LogP contribution in [0.3, 0.4) is 0 Å². The molecule has 5 nitrogen and oxygen atoms in total. The SMILES string of the molecule is CCOC(=O)CCCCCN1C(=O)/C(=C\c2ccccc2OCc2ccc(Cl)cc2)SC1=S. The van der Waals surface area contributed by atoms with E-state index in [0.29, 0.717) is 46.2 Å². The van der Waals surface area contributed by atoms with Crippen LogP contribution in [0.4, 0.5) is 0 Å². The van der Waals surface area contributed by atoms with Crippen LogP contribution in [-0.2, 0) is 20.9 Å². The predicted molar refractivity (Wildman–Crippen MR) is 137 cm³/mol. The number of carbonyl (C=O) groups excluding carboxylic acids is 2. The van der Waals surface area contributed by atoms with Crippen molar-refractivity contribution in [1.29, 1.82) is 0 Å². The Labute approximate surface area is 209 Å². The fourth-order valence-electron chi connectivity index (χ4n) is 3.26. The van der Waals surface area contributed by atoms with E-state index in [4.69, 9.17) is 33.3 Å². The van der Waals surface area contributed by atoms with Gasteiger partial charge >= 0.3 is 5.97 Å². The first kappa shape index (κ1) is 25.3. The van der Waals surface area contributed by atoms with Gasteiger partial charge in [-0.3, -0.25) is 14.5 Å². The minimum Gasteiger partial charge on any atom is -0.488 e. The molecule has 1 aliphatic heterocycles. The number of para-hydroxylation sites is 1. The highest BCUT2D eigenvalue weighted by Crippen LogP contribution is 2.34. The summed E-state index contributed by atoms with van der Waals surface area (Å²) in [6, 6.07) is 15.1. The second-order valence-corrected chi connectivity index (χ2v) is 9.51. The fraction of sp³-hybridized carbons (Fsp3) is 0.320. The summed E-state index contributed by atoms with van der Waals surface area (Å²) in [5, 5.41) is 0.681. The number of nitrogens with zero attached hydrogens (tertiary/aromatic N) is 1. The first-order valence-corrected chi connectivity index (χ1v) is 12.5. The minimum absolute atomic E-state index is 0.0945. The number of esters is 1. The summed E-state index contributed by atoms with van der Waals surface area (Å²) in [6.07, 6.45) is 4.58. The summed E-state index contributed by atoms with van der Waals surface area (Å²) in [6.45, 7) is 3.14. The molecule has 0 N–H and O–H groups in total. The van der Waals surface area contributed by atoms with Gasteiger partial charge in [-0.05, 0) is 49.6 Å². The van der Waals surface area contributed by atoms with Crippen molar-refractivity contribution in [2.45, 2.75) is 39.2 Å². The summed E-state index contributed by atoms with van der Waals surface area (Å²) in [5.74, 6) is 0.419. The Morgan fingerprint density at radius 1 is 1.12 bits per heavy atom. The monoisotopic (exact) mass is 503 g/mol. The molecule has 0 spiro atoms. The second-order valence-electron chi connectivity index (χ2n) is 7.40. The van der Waals surface area contributed by atoms with Crippen molar-refractivity contribution < 1.29 is 19.1 Å². The van der Waals surface area contributed by atoms with E-state index < -0.39 is 0 Å². The van der Waals surface area contributed by atoms with Crippen molar-refractivity contribution in [2.24, 2.45) is 0 Å². The van der Waals surface area contributed by atoms with Gasteiger partial charge < -0.3 is 9.47 Å². The average molecular weight is 504 g/mol. The van der Waals surface area contributed by atoms with Crippen LogP contribution in [0.1, 0.15) is 43.7 Å². The molecule has 0 atom stereocenters.